The molecule has 2 amide bonds. The Balaban J connectivity index is 1.24. The standard InChI is InChI=1S/C37H38N7O3P/c1-24-11-7-10-14-29(24)39-35-38-22-21-34(42-35)47-31-20-19-30(27-12-8-9-13-28(27)31)40-36(45)41-33-23-32(37(2,3)4)43-44(33)25-15-17-26(18-16-25)48(5,6)46/h7-23H,1-6H3,(H,38,39,42)(H2,40,41,45). The first-order valence-corrected chi connectivity index (χ1v) is 18.2. The summed E-state index contributed by atoms with van der Waals surface area (Å²) in [4.78, 5) is 22.4. The van der Waals surface area contributed by atoms with Crippen LogP contribution in [-0.2, 0) is 9.98 Å². The number of para-hydroxylation sites is 1. The predicted molar refractivity (Wildman–Crippen MR) is 195 cm³/mol. The number of amides is 2. The van der Waals surface area contributed by atoms with E-state index < -0.39 is 13.2 Å². The van der Waals surface area contributed by atoms with Gasteiger partial charge >= 0.3 is 6.03 Å². The predicted octanol–water partition coefficient (Wildman–Crippen LogP) is 8.85. The number of ether oxygens (including phenoxy) is 1. The van der Waals surface area contributed by atoms with Gasteiger partial charge in [-0.15, -0.1) is 0 Å². The van der Waals surface area contributed by atoms with E-state index in [1.165, 1.54) is 0 Å². The average Bonchev–Trinajstić information content (AvgIpc) is 3.47. The van der Waals surface area contributed by atoms with E-state index in [9.17, 15) is 9.36 Å². The number of aryl methyl sites for hydroxylation is 1. The largest absolute Gasteiger partial charge is 0.438 e. The van der Waals surface area contributed by atoms with E-state index in [1.807, 2.05) is 85.8 Å². The number of nitrogens with zero attached hydrogens (tertiary/aromatic N) is 4. The molecule has 0 saturated heterocycles. The van der Waals surface area contributed by atoms with Gasteiger partial charge < -0.3 is 19.9 Å². The van der Waals surface area contributed by atoms with Crippen molar-refractivity contribution in [3.8, 4) is 17.3 Å². The summed E-state index contributed by atoms with van der Waals surface area (Å²) in [5.41, 5.74) is 3.89. The van der Waals surface area contributed by atoms with Crippen LogP contribution in [0.25, 0.3) is 16.5 Å². The first kappa shape index (κ1) is 32.5. The number of carbonyl (C=O) groups is 1. The van der Waals surface area contributed by atoms with Crippen LogP contribution in [0, 0.1) is 6.92 Å². The number of aromatic nitrogens is 4. The lowest BCUT2D eigenvalue weighted by Crippen LogP contribution is -2.21. The van der Waals surface area contributed by atoms with E-state index in [0.29, 0.717) is 29.1 Å². The summed E-state index contributed by atoms with van der Waals surface area (Å²) < 4.78 is 20.5. The number of urea groups is 1. The number of hydrogen-bond acceptors (Lipinski definition) is 7. The van der Waals surface area contributed by atoms with Crippen molar-refractivity contribution >= 4 is 52.4 Å². The number of hydrogen-bond donors (Lipinski definition) is 3. The molecule has 48 heavy (non-hydrogen) atoms. The van der Waals surface area contributed by atoms with Crippen molar-refractivity contribution in [2.75, 3.05) is 29.3 Å². The van der Waals surface area contributed by atoms with Crippen LogP contribution in [0.1, 0.15) is 32.0 Å². The molecule has 0 aliphatic rings. The van der Waals surface area contributed by atoms with Gasteiger partial charge in [0.1, 0.15) is 18.7 Å². The van der Waals surface area contributed by atoms with Crippen molar-refractivity contribution in [3.63, 3.8) is 0 Å². The van der Waals surface area contributed by atoms with Crippen LogP contribution in [0.5, 0.6) is 11.6 Å². The van der Waals surface area contributed by atoms with Gasteiger partial charge in [0.2, 0.25) is 11.8 Å². The second-order valence-electron chi connectivity index (χ2n) is 12.9. The number of benzene rings is 4. The molecule has 2 heterocycles. The normalized spacial score (nSPS) is 11.7. The van der Waals surface area contributed by atoms with E-state index in [4.69, 9.17) is 9.84 Å². The van der Waals surface area contributed by atoms with Crippen molar-refractivity contribution in [3.05, 3.63) is 115 Å². The molecule has 4 aromatic carbocycles. The van der Waals surface area contributed by atoms with E-state index in [-0.39, 0.29) is 5.41 Å². The Labute approximate surface area is 280 Å². The second-order valence-corrected chi connectivity index (χ2v) is 16.2. The maximum Gasteiger partial charge on any atom is 0.324 e. The molecular formula is C37H38N7O3P. The maximum absolute atomic E-state index is 13.5. The molecule has 6 rings (SSSR count). The minimum Gasteiger partial charge on any atom is -0.438 e. The zero-order chi connectivity index (χ0) is 34.1. The molecule has 11 heteroatoms. The molecule has 244 valence electrons. The Morgan fingerprint density at radius 2 is 1.54 bits per heavy atom. The number of rotatable bonds is 8. The zero-order valence-electron chi connectivity index (χ0n) is 27.8. The van der Waals surface area contributed by atoms with Gasteiger partial charge in [0, 0.05) is 45.5 Å². The molecular weight excluding hydrogens is 621 g/mol. The molecule has 0 aliphatic carbocycles. The summed E-state index contributed by atoms with van der Waals surface area (Å²) in [5.74, 6) is 1.88. The third-order valence-electron chi connectivity index (χ3n) is 7.80. The van der Waals surface area contributed by atoms with Gasteiger partial charge in [-0.05, 0) is 68.3 Å². The number of anilines is 4. The Kier molecular flexibility index (Phi) is 8.77. The lowest BCUT2D eigenvalue weighted by Gasteiger charge is -2.15. The fourth-order valence-electron chi connectivity index (χ4n) is 5.13. The van der Waals surface area contributed by atoms with Crippen molar-refractivity contribution < 1.29 is 14.1 Å². The summed E-state index contributed by atoms with van der Waals surface area (Å²) >= 11 is 0. The molecule has 0 fully saturated rings. The Morgan fingerprint density at radius 3 is 2.25 bits per heavy atom. The highest BCUT2D eigenvalue weighted by atomic mass is 31.2. The average molecular weight is 660 g/mol. The molecule has 0 bridgehead atoms. The van der Waals surface area contributed by atoms with Crippen LogP contribution < -0.4 is 26.0 Å². The molecule has 10 nitrogen and oxygen atoms in total. The SMILES string of the molecule is Cc1ccccc1Nc1nccc(Oc2ccc(NC(=O)Nc3cc(C(C)(C)C)nn3-c3ccc(P(C)(C)=O)cc3)c3ccccc23)n1. The smallest absolute Gasteiger partial charge is 0.324 e. The highest BCUT2D eigenvalue weighted by Gasteiger charge is 2.22. The molecule has 3 N–H and O–H groups in total. The molecule has 2 aromatic heterocycles. The van der Waals surface area contributed by atoms with Gasteiger partial charge in [-0.25, -0.2) is 14.5 Å². The molecule has 0 atom stereocenters. The monoisotopic (exact) mass is 659 g/mol. The van der Waals surface area contributed by atoms with Gasteiger partial charge in [0.25, 0.3) is 0 Å². The lowest BCUT2D eigenvalue weighted by molar-refractivity contribution is 0.262. The van der Waals surface area contributed by atoms with Crippen LogP contribution >= 0.6 is 7.14 Å². The molecule has 0 aliphatic heterocycles. The van der Waals surface area contributed by atoms with Gasteiger partial charge in [0.05, 0.1) is 17.1 Å². The lowest BCUT2D eigenvalue weighted by atomic mass is 9.92. The molecule has 0 spiro atoms. The summed E-state index contributed by atoms with van der Waals surface area (Å²) in [7, 11) is -2.41. The minimum absolute atomic E-state index is 0.256. The summed E-state index contributed by atoms with van der Waals surface area (Å²) in [6, 6.07) is 29.7. The fraction of sp³-hybridized carbons (Fsp3) is 0.189. The number of carbonyl (C=O) groups excluding carboxylic acids is 1. The van der Waals surface area contributed by atoms with Crippen molar-refractivity contribution in [1.82, 2.24) is 19.7 Å². The van der Waals surface area contributed by atoms with Crippen molar-refractivity contribution in [1.29, 1.82) is 0 Å². The molecule has 6 aromatic rings. The van der Waals surface area contributed by atoms with Crippen LogP contribution in [0.2, 0.25) is 0 Å². The molecule has 0 saturated carbocycles. The summed E-state index contributed by atoms with van der Waals surface area (Å²) in [6.07, 6.45) is 1.64. The quantitative estimate of drug-likeness (QED) is 0.140. The van der Waals surface area contributed by atoms with E-state index in [1.54, 1.807) is 42.4 Å². The van der Waals surface area contributed by atoms with Gasteiger partial charge in [-0.1, -0.05) is 63.2 Å². The van der Waals surface area contributed by atoms with Crippen molar-refractivity contribution in [2.24, 2.45) is 0 Å². The molecule has 0 radical (unpaired) electrons. The third-order valence-corrected chi connectivity index (χ3v) is 9.35. The maximum atomic E-state index is 13.5. The topological polar surface area (TPSA) is 123 Å². The van der Waals surface area contributed by atoms with Gasteiger partial charge in [-0.3, -0.25) is 5.32 Å². The first-order valence-electron chi connectivity index (χ1n) is 15.5. The van der Waals surface area contributed by atoms with E-state index >= 15 is 0 Å². The Bertz CT molecular complexity index is 2170. The van der Waals surface area contributed by atoms with Crippen LogP contribution in [0.4, 0.5) is 27.9 Å². The van der Waals surface area contributed by atoms with Gasteiger partial charge in [0.15, 0.2) is 0 Å². The van der Waals surface area contributed by atoms with E-state index in [0.717, 1.165) is 38.7 Å². The summed E-state index contributed by atoms with van der Waals surface area (Å²) in [5, 5.41) is 16.4. The fourth-order valence-corrected chi connectivity index (χ4v) is 6.00. The van der Waals surface area contributed by atoms with Crippen LogP contribution in [0.15, 0.2) is 103 Å². The third kappa shape index (κ3) is 7.24. The highest BCUT2D eigenvalue weighted by molar-refractivity contribution is 7.70. The van der Waals surface area contributed by atoms with Crippen LogP contribution in [0.3, 0.4) is 0 Å². The Hall–Kier alpha value is -5.47. The molecule has 0 unspecified atom stereocenters. The number of fused-ring (bicyclic) bond motifs is 1. The minimum atomic E-state index is -2.41. The van der Waals surface area contributed by atoms with E-state index in [2.05, 4.69) is 46.7 Å². The van der Waals surface area contributed by atoms with Gasteiger partial charge in [-0.2, -0.15) is 10.1 Å². The zero-order valence-corrected chi connectivity index (χ0v) is 28.7. The number of nitrogens with one attached hydrogen (secondary N) is 3. The Morgan fingerprint density at radius 1 is 0.833 bits per heavy atom. The van der Waals surface area contributed by atoms with Crippen molar-refractivity contribution in [2.45, 2.75) is 33.1 Å². The first-order chi connectivity index (χ1) is 22.8. The highest BCUT2D eigenvalue weighted by Crippen LogP contribution is 2.36. The van der Waals surface area contributed by atoms with Crippen LogP contribution in [-0.4, -0.2) is 39.1 Å². The second kappa shape index (κ2) is 13.0. The summed E-state index contributed by atoms with van der Waals surface area (Å²) in [6.45, 7) is 11.7.